The van der Waals surface area contributed by atoms with Crippen LogP contribution in [0.4, 0.5) is 0 Å². The first kappa shape index (κ1) is 10.0. The fraction of sp³-hybridized carbons (Fsp3) is 0.909. The summed E-state index contributed by atoms with van der Waals surface area (Å²) in [5, 5.41) is 0. The SMILES string of the molecule is [CH2]CN(CCC)C1CCCCC1. The van der Waals surface area contributed by atoms with Crippen LogP contribution in [0.1, 0.15) is 45.4 Å². The van der Waals surface area contributed by atoms with Gasteiger partial charge in [0.15, 0.2) is 0 Å². The first-order valence-electron chi connectivity index (χ1n) is 5.41. The van der Waals surface area contributed by atoms with Crippen LogP contribution < -0.4 is 0 Å². The normalized spacial score (nSPS) is 20.2. The number of nitrogens with zero attached hydrogens (tertiary/aromatic N) is 1. The van der Waals surface area contributed by atoms with Crippen molar-refractivity contribution in [1.82, 2.24) is 4.90 Å². The summed E-state index contributed by atoms with van der Waals surface area (Å²) < 4.78 is 0. The molecule has 1 fully saturated rings. The van der Waals surface area contributed by atoms with Gasteiger partial charge in [0.2, 0.25) is 0 Å². The lowest BCUT2D eigenvalue weighted by Gasteiger charge is -2.33. The quantitative estimate of drug-likeness (QED) is 0.624. The smallest absolute Gasteiger partial charge is 0.00952 e. The van der Waals surface area contributed by atoms with Crippen LogP contribution in [0.2, 0.25) is 0 Å². The maximum atomic E-state index is 4.01. The molecule has 0 heterocycles. The molecule has 0 aliphatic heterocycles. The molecular weight excluding hydrogens is 146 g/mol. The first-order chi connectivity index (χ1) is 5.88. The molecule has 1 radical (unpaired) electrons. The largest absolute Gasteiger partial charge is 0.300 e. The second kappa shape index (κ2) is 5.58. The standard InChI is InChI=1S/C11H22N/c1-3-10-12(4-2)11-8-6-5-7-9-11/h11H,2-10H2,1H3. The molecule has 0 aromatic heterocycles. The Morgan fingerprint density at radius 1 is 1.25 bits per heavy atom. The van der Waals surface area contributed by atoms with Crippen molar-refractivity contribution in [2.24, 2.45) is 0 Å². The maximum Gasteiger partial charge on any atom is 0.00952 e. The zero-order chi connectivity index (χ0) is 8.81. The predicted molar refractivity (Wildman–Crippen MR) is 54.1 cm³/mol. The van der Waals surface area contributed by atoms with Crippen LogP contribution in [0.25, 0.3) is 0 Å². The molecule has 1 heteroatoms. The van der Waals surface area contributed by atoms with E-state index in [1.54, 1.807) is 0 Å². The molecule has 0 N–H and O–H groups in total. The second-order valence-electron chi connectivity index (χ2n) is 3.83. The Morgan fingerprint density at radius 2 is 1.92 bits per heavy atom. The van der Waals surface area contributed by atoms with E-state index >= 15 is 0 Å². The highest BCUT2D eigenvalue weighted by Crippen LogP contribution is 2.22. The predicted octanol–water partition coefficient (Wildman–Crippen LogP) is 2.87. The van der Waals surface area contributed by atoms with Gasteiger partial charge in [0, 0.05) is 6.04 Å². The Labute approximate surface area is 77.1 Å². The molecule has 71 valence electrons. The zero-order valence-corrected chi connectivity index (χ0v) is 8.39. The van der Waals surface area contributed by atoms with E-state index in [1.165, 1.54) is 45.1 Å². The van der Waals surface area contributed by atoms with Crippen LogP contribution in [0.3, 0.4) is 0 Å². The van der Waals surface area contributed by atoms with E-state index in [4.69, 9.17) is 0 Å². The van der Waals surface area contributed by atoms with Gasteiger partial charge in [-0.05, 0) is 39.3 Å². The highest BCUT2D eigenvalue weighted by atomic mass is 15.1. The molecule has 1 saturated carbocycles. The first-order valence-corrected chi connectivity index (χ1v) is 5.41. The molecule has 0 aromatic rings. The molecule has 12 heavy (non-hydrogen) atoms. The summed E-state index contributed by atoms with van der Waals surface area (Å²) in [4.78, 5) is 2.55. The Hall–Kier alpha value is -0.0400. The molecule has 0 bridgehead atoms. The van der Waals surface area contributed by atoms with Gasteiger partial charge >= 0.3 is 0 Å². The van der Waals surface area contributed by atoms with Gasteiger partial charge in [-0.25, -0.2) is 0 Å². The number of rotatable bonds is 4. The molecule has 0 amide bonds. The van der Waals surface area contributed by atoms with Crippen LogP contribution in [-0.2, 0) is 0 Å². The minimum atomic E-state index is 0.858. The van der Waals surface area contributed by atoms with Crippen molar-refractivity contribution in [3.05, 3.63) is 6.92 Å². The third-order valence-electron chi connectivity index (χ3n) is 2.89. The van der Waals surface area contributed by atoms with Crippen LogP contribution >= 0.6 is 0 Å². The average molecular weight is 168 g/mol. The summed E-state index contributed by atoms with van der Waals surface area (Å²) in [5.74, 6) is 0. The molecule has 0 saturated heterocycles. The van der Waals surface area contributed by atoms with Gasteiger partial charge in [-0.3, -0.25) is 0 Å². The highest BCUT2D eigenvalue weighted by Gasteiger charge is 2.18. The Kier molecular flexibility index (Phi) is 4.67. The molecule has 1 rings (SSSR count). The van der Waals surface area contributed by atoms with Gasteiger partial charge < -0.3 is 4.90 Å². The Bertz CT molecular complexity index is 103. The van der Waals surface area contributed by atoms with Crippen LogP contribution in [0, 0.1) is 6.92 Å². The fourth-order valence-corrected chi connectivity index (χ4v) is 2.21. The maximum absolute atomic E-state index is 4.01. The van der Waals surface area contributed by atoms with Crippen molar-refractivity contribution < 1.29 is 0 Å². The van der Waals surface area contributed by atoms with E-state index in [0.29, 0.717) is 0 Å². The fourth-order valence-electron chi connectivity index (χ4n) is 2.21. The van der Waals surface area contributed by atoms with E-state index in [1.807, 2.05) is 0 Å². The summed E-state index contributed by atoms with van der Waals surface area (Å²) in [5.41, 5.74) is 0. The van der Waals surface area contributed by atoms with Gasteiger partial charge in [-0.15, -0.1) is 0 Å². The van der Waals surface area contributed by atoms with Crippen LogP contribution in [0.15, 0.2) is 0 Å². The van der Waals surface area contributed by atoms with E-state index in [2.05, 4.69) is 18.7 Å². The average Bonchev–Trinajstić information content (AvgIpc) is 2.15. The summed E-state index contributed by atoms with van der Waals surface area (Å²) in [6.45, 7) is 8.50. The van der Waals surface area contributed by atoms with Crippen LogP contribution in [0.5, 0.6) is 0 Å². The Balaban J connectivity index is 2.29. The van der Waals surface area contributed by atoms with Crippen molar-refractivity contribution in [3.63, 3.8) is 0 Å². The van der Waals surface area contributed by atoms with Gasteiger partial charge in [0.25, 0.3) is 0 Å². The summed E-state index contributed by atoms with van der Waals surface area (Å²) in [6.07, 6.45) is 8.42. The molecular formula is C11H22N. The highest BCUT2D eigenvalue weighted by molar-refractivity contribution is 4.75. The lowest BCUT2D eigenvalue weighted by molar-refractivity contribution is 0.172. The third kappa shape index (κ3) is 2.78. The lowest BCUT2D eigenvalue weighted by atomic mass is 9.94. The molecule has 0 unspecified atom stereocenters. The van der Waals surface area contributed by atoms with Crippen molar-refractivity contribution in [2.75, 3.05) is 13.1 Å². The third-order valence-corrected chi connectivity index (χ3v) is 2.89. The van der Waals surface area contributed by atoms with Gasteiger partial charge in [-0.2, -0.15) is 0 Å². The van der Waals surface area contributed by atoms with Crippen molar-refractivity contribution in [3.8, 4) is 0 Å². The van der Waals surface area contributed by atoms with E-state index < -0.39 is 0 Å². The minimum Gasteiger partial charge on any atom is -0.300 e. The Morgan fingerprint density at radius 3 is 2.42 bits per heavy atom. The second-order valence-corrected chi connectivity index (χ2v) is 3.83. The molecule has 0 spiro atoms. The summed E-state index contributed by atoms with van der Waals surface area (Å²) in [7, 11) is 0. The van der Waals surface area contributed by atoms with Crippen molar-refractivity contribution >= 4 is 0 Å². The van der Waals surface area contributed by atoms with Crippen LogP contribution in [-0.4, -0.2) is 24.0 Å². The van der Waals surface area contributed by atoms with Gasteiger partial charge in [-0.1, -0.05) is 26.2 Å². The molecule has 0 atom stereocenters. The topological polar surface area (TPSA) is 3.24 Å². The monoisotopic (exact) mass is 168 g/mol. The minimum absolute atomic E-state index is 0.858. The number of hydrogen-bond donors (Lipinski definition) is 0. The molecule has 1 aliphatic carbocycles. The molecule has 1 aliphatic rings. The molecule has 1 nitrogen and oxygen atoms in total. The van der Waals surface area contributed by atoms with E-state index in [-0.39, 0.29) is 0 Å². The summed E-state index contributed by atoms with van der Waals surface area (Å²) in [6, 6.07) is 0.858. The van der Waals surface area contributed by atoms with Crippen molar-refractivity contribution in [1.29, 1.82) is 0 Å². The van der Waals surface area contributed by atoms with Gasteiger partial charge in [0.05, 0.1) is 0 Å². The van der Waals surface area contributed by atoms with E-state index in [0.717, 1.165) is 12.6 Å². The van der Waals surface area contributed by atoms with Crippen molar-refractivity contribution in [2.45, 2.75) is 51.5 Å². The van der Waals surface area contributed by atoms with Gasteiger partial charge in [0.1, 0.15) is 0 Å². The lowest BCUT2D eigenvalue weighted by Crippen LogP contribution is -2.37. The number of hydrogen-bond acceptors (Lipinski definition) is 1. The summed E-state index contributed by atoms with van der Waals surface area (Å²) >= 11 is 0. The van der Waals surface area contributed by atoms with E-state index in [9.17, 15) is 0 Å². The molecule has 0 aromatic carbocycles. The zero-order valence-electron chi connectivity index (χ0n) is 8.39.